The molecule has 3 nitrogen and oxygen atoms in total. The van der Waals surface area contributed by atoms with Gasteiger partial charge in [0.1, 0.15) is 0 Å². The average Bonchev–Trinajstić information content (AvgIpc) is 3.60. The Morgan fingerprint density at radius 2 is 0.732 bits per heavy atom. The minimum atomic E-state index is 0.644. The van der Waals surface area contributed by atoms with Gasteiger partial charge in [0.2, 0.25) is 0 Å². The van der Waals surface area contributed by atoms with E-state index in [4.69, 9.17) is 15.0 Å². The van der Waals surface area contributed by atoms with Crippen molar-refractivity contribution in [2.24, 2.45) is 0 Å². The summed E-state index contributed by atoms with van der Waals surface area (Å²) < 4.78 is 0. The zero-order valence-electron chi connectivity index (χ0n) is 30.4. The molecule has 11 rings (SSSR count). The number of nitrogens with zero attached hydrogens (tertiary/aromatic N) is 3. The molecule has 0 spiro atoms. The zero-order chi connectivity index (χ0) is 37.0. The van der Waals surface area contributed by atoms with Gasteiger partial charge < -0.3 is 0 Å². The van der Waals surface area contributed by atoms with E-state index in [1.807, 2.05) is 60.7 Å². The molecule has 0 atom stereocenters. The van der Waals surface area contributed by atoms with Crippen molar-refractivity contribution in [1.82, 2.24) is 15.0 Å². The molecule has 0 bridgehead atoms. The van der Waals surface area contributed by atoms with Crippen molar-refractivity contribution in [3.8, 4) is 89.8 Å². The second-order valence-electron chi connectivity index (χ2n) is 14.4. The molecule has 10 aromatic rings. The van der Waals surface area contributed by atoms with Gasteiger partial charge in [-0.1, -0.05) is 194 Å². The number of hydrogen-bond acceptors (Lipinski definition) is 3. The summed E-state index contributed by atoms with van der Waals surface area (Å²) in [5.74, 6) is 1.95. The third kappa shape index (κ3) is 5.40. The molecule has 56 heavy (non-hydrogen) atoms. The summed E-state index contributed by atoms with van der Waals surface area (Å²) in [5, 5.41) is 5.07. The van der Waals surface area contributed by atoms with E-state index in [-0.39, 0.29) is 0 Å². The quantitative estimate of drug-likeness (QED) is 0.172. The zero-order valence-corrected chi connectivity index (χ0v) is 30.4. The highest BCUT2D eigenvalue weighted by molar-refractivity contribution is 6.15. The highest BCUT2D eigenvalue weighted by Gasteiger charge is 2.22. The fraction of sp³-hybridized carbons (Fsp3) is 0. The topological polar surface area (TPSA) is 38.7 Å². The van der Waals surface area contributed by atoms with Gasteiger partial charge >= 0.3 is 0 Å². The fourth-order valence-corrected chi connectivity index (χ4v) is 8.36. The highest BCUT2D eigenvalue weighted by atomic mass is 15.0. The molecule has 0 saturated carbocycles. The van der Waals surface area contributed by atoms with Gasteiger partial charge in [-0.3, -0.25) is 0 Å². The molecule has 1 aliphatic rings. The molecule has 0 unspecified atom stereocenters. The van der Waals surface area contributed by atoms with Gasteiger partial charge in [-0.15, -0.1) is 0 Å². The predicted molar refractivity (Wildman–Crippen MR) is 232 cm³/mol. The van der Waals surface area contributed by atoms with E-state index in [1.54, 1.807) is 0 Å². The smallest absolute Gasteiger partial charge is 0.164 e. The van der Waals surface area contributed by atoms with Crippen LogP contribution < -0.4 is 0 Å². The maximum atomic E-state index is 4.97. The predicted octanol–water partition coefficient (Wildman–Crippen LogP) is 13.8. The van der Waals surface area contributed by atoms with Crippen LogP contribution in [-0.2, 0) is 0 Å². The molecule has 0 fully saturated rings. The first-order chi connectivity index (χ1) is 27.7. The number of fused-ring (bicyclic) bond motifs is 4. The van der Waals surface area contributed by atoms with Crippen LogP contribution in [0.5, 0.6) is 0 Å². The van der Waals surface area contributed by atoms with E-state index in [2.05, 4.69) is 140 Å². The van der Waals surface area contributed by atoms with Gasteiger partial charge in [0.25, 0.3) is 0 Å². The van der Waals surface area contributed by atoms with Crippen LogP contribution in [0, 0.1) is 0 Å². The lowest BCUT2D eigenvalue weighted by Crippen LogP contribution is -2.00. The van der Waals surface area contributed by atoms with Crippen molar-refractivity contribution in [1.29, 1.82) is 0 Å². The third-order valence-corrected chi connectivity index (χ3v) is 11.1. The first-order valence-electron chi connectivity index (χ1n) is 19.0. The van der Waals surface area contributed by atoms with Crippen LogP contribution in [0.4, 0.5) is 0 Å². The van der Waals surface area contributed by atoms with E-state index >= 15 is 0 Å². The second-order valence-corrected chi connectivity index (χ2v) is 14.4. The van der Waals surface area contributed by atoms with E-state index in [1.165, 1.54) is 71.6 Å². The summed E-state index contributed by atoms with van der Waals surface area (Å²) in [6, 6.07) is 71.2. The first kappa shape index (κ1) is 32.0. The second kappa shape index (κ2) is 13.1. The summed E-state index contributed by atoms with van der Waals surface area (Å²) >= 11 is 0. The number of aromatic nitrogens is 3. The maximum absolute atomic E-state index is 4.97. The van der Waals surface area contributed by atoms with Gasteiger partial charge in [0.15, 0.2) is 17.5 Å². The van der Waals surface area contributed by atoms with Crippen molar-refractivity contribution < 1.29 is 0 Å². The molecular weight excluding hydrogens is 679 g/mol. The van der Waals surface area contributed by atoms with Gasteiger partial charge in [-0.25, -0.2) is 15.0 Å². The Labute approximate surface area is 325 Å². The molecule has 9 aromatic carbocycles. The van der Waals surface area contributed by atoms with E-state index in [0.29, 0.717) is 17.5 Å². The molecule has 1 heterocycles. The average molecular weight is 712 g/mol. The van der Waals surface area contributed by atoms with Crippen molar-refractivity contribution in [3.63, 3.8) is 0 Å². The normalized spacial score (nSPS) is 11.6. The Bertz CT molecular complexity index is 3030. The summed E-state index contributed by atoms with van der Waals surface area (Å²) in [6.45, 7) is 0. The maximum Gasteiger partial charge on any atom is 0.164 e. The highest BCUT2D eigenvalue weighted by Crippen LogP contribution is 2.48. The minimum absolute atomic E-state index is 0.644. The lowest BCUT2D eigenvalue weighted by molar-refractivity contribution is 1.07. The SMILES string of the molecule is c1ccc(-c2nc(-c3ccccc3)nc(-c3ccc(-c4c(-c5ccc(-c6ccc7c(c6)-c6cccc8cccc-7c68)cc5)ccc5ccccc45)cc3)n2)cc1. The third-order valence-electron chi connectivity index (χ3n) is 11.1. The van der Waals surface area contributed by atoms with Crippen molar-refractivity contribution in [2.45, 2.75) is 0 Å². The lowest BCUT2D eigenvalue weighted by atomic mass is 9.88. The molecule has 1 aliphatic carbocycles. The Morgan fingerprint density at radius 3 is 1.39 bits per heavy atom. The van der Waals surface area contributed by atoms with Gasteiger partial charge in [-0.2, -0.15) is 0 Å². The molecule has 3 heteroatoms. The van der Waals surface area contributed by atoms with Crippen LogP contribution in [0.3, 0.4) is 0 Å². The summed E-state index contributed by atoms with van der Waals surface area (Å²) in [5.41, 5.74) is 15.2. The van der Waals surface area contributed by atoms with Gasteiger partial charge in [-0.05, 0) is 83.2 Å². The Kier molecular flexibility index (Phi) is 7.49. The molecule has 1 aromatic heterocycles. The molecule has 0 saturated heterocycles. The van der Waals surface area contributed by atoms with Gasteiger partial charge in [0, 0.05) is 16.7 Å². The van der Waals surface area contributed by atoms with Crippen molar-refractivity contribution >= 4 is 21.5 Å². The lowest BCUT2D eigenvalue weighted by Gasteiger charge is -2.15. The molecule has 0 amide bonds. The number of benzene rings is 9. The van der Waals surface area contributed by atoms with Crippen molar-refractivity contribution in [2.75, 3.05) is 0 Å². The molecule has 0 N–H and O–H groups in total. The first-order valence-corrected chi connectivity index (χ1v) is 19.0. The largest absolute Gasteiger partial charge is 0.208 e. The molecular formula is C53H33N3. The summed E-state index contributed by atoms with van der Waals surface area (Å²) in [6.07, 6.45) is 0. The fourth-order valence-electron chi connectivity index (χ4n) is 8.36. The Morgan fingerprint density at radius 1 is 0.250 bits per heavy atom. The number of hydrogen-bond donors (Lipinski definition) is 0. The minimum Gasteiger partial charge on any atom is -0.208 e. The van der Waals surface area contributed by atoms with E-state index < -0.39 is 0 Å². The van der Waals surface area contributed by atoms with Crippen LogP contribution in [0.1, 0.15) is 0 Å². The summed E-state index contributed by atoms with van der Waals surface area (Å²) in [7, 11) is 0. The molecule has 0 radical (unpaired) electrons. The Balaban J connectivity index is 0.972. The summed E-state index contributed by atoms with van der Waals surface area (Å²) in [4.78, 5) is 14.8. The number of rotatable bonds is 6. The van der Waals surface area contributed by atoms with E-state index in [9.17, 15) is 0 Å². The van der Waals surface area contributed by atoms with Crippen LogP contribution in [0.2, 0.25) is 0 Å². The van der Waals surface area contributed by atoms with Crippen LogP contribution in [0.25, 0.3) is 111 Å². The van der Waals surface area contributed by atoms with E-state index in [0.717, 1.165) is 22.3 Å². The molecule has 0 aliphatic heterocycles. The van der Waals surface area contributed by atoms with Crippen molar-refractivity contribution in [3.05, 3.63) is 200 Å². The van der Waals surface area contributed by atoms with Gasteiger partial charge in [0.05, 0.1) is 0 Å². The van der Waals surface area contributed by atoms with Crippen LogP contribution in [0.15, 0.2) is 200 Å². The van der Waals surface area contributed by atoms with Crippen LogP contribution in [-0.4, -0.2) is 15.0 Å². The standard InChI is InChI=1S/C53H33N3/c1-3-12-39(13-4-1)51-54-52(40-14-5-2-6-15-40)56-53(55-51)41-27-25-38(26-28-41)49-43-18-8-7-11-35(43)29-31-44(49)36-23-21-34(22-24-36)42-30-32-45-46-19-9-16-37-17-10-20-47(50(37)46)48(45)33-42/h1-33H. The van der Waals surface area contributed by atoms with Crippen LogP contribution >= 0.6 is 0 Å². The monoisotopic (exact) mass is 711 g/mol. The Hall–Kier alpha value is -7.49. The molecule has 260 valence electrons.